The van der Waals surface area contributed by atoms with Gasteiger partial charge in [0.15, 0.2) is 0 Å². The molecule has 0 aliphatic rings. The molecule has 0 spiro atoms. The predicted octanol–water partition coefficient (Wildman–Crippen LogP) is -0.627. The van der Waals surface area contributed by atoms with Crippen LogP contribution in [0.2, 0.25) is 0 Å². The highest BCUT2D eigenvalue weighted by molar-refractivity contribution is 5.94. The number of aromatic nitrogens is 1. The van der Waals surface area contributed by atoms with Crippen LogP contribution in [-0.4, -0.2) is 64.7 Å². The minimum absolute atomic E-state index is 0.239. The molecule has 1 aromatic rings. The van der Waals surface area contributed by atoms with Gasteiger partial charge in [-0.25, -0.2) is 4.98 Å². The van der Waals surface area contributed by atoms with Gasteiger partial charge in [-0.15, -0.1) is 0 Å². The third-order valence-electron chi connectivity index (χ3n) is 3.26. The Labute approximate surface area is 124 Å². The van der Waals surface area contributed by atoms with E-state index in [4.69, 9.17) is 10.2 Å². The molecule has 1 rings (SSSR count). The number of hydrogen-bond donors (Lipinski definition) is 4. The van der Waals surface area contributed by atoms with Crippen molar-refractivity contribution in [1.29, 1.82) is 0 Å². The summed E-state index contributed by atoms with van der Waals surface area (Å²) in [6.07, 6.45) is 1.46. The maximum absolute atomic E-state index is 11.9. The number of rotatable bonds is 8. The second-order valence-electron chi connectivity index (χ2n) is 4.80. The Balaban J connectivity index is 2.67. The maximum atomic E-state index is 11.9. The molecule has 1 amide bonds. The van der Waals surface area contributed by atoms with Gasteiger partial charge in [0.2, 0.25) is 0 Å². The Bertz CT molecular complexity index is 442. The quantitative estimate of drug-likeness (QED) is 0.509. The van der Waals surface area contributed by atoms with Crippen LogP contribution in [0.1, 0.15) is 24.2 Å². The number of aliphatic hydroxyl groups is 3. The van der Waals surface area contributed by atoms with E-state index >= 15 is 0 Å². The first kappa shape index (κ1) is 17.4. The Morgan fingerprint density at radius 3 is 2.33 bits per heavy atom. The molecule has 0 atom stereocenters. The highest BCUT2D eigenvalue weighted by atomic mass is 16.4. The summed E-state index contributed by atoms with van der Waals surface area (Å²) in [5.74, 6) is 0.368. The Hall–Kier alpha value is -1.70. The molecule has 0 fully saturated rings. The van der Waals surface area contributed by atoms with E-state index in [2.05, 4.69) is 15.2 Å². The molecule has 0 saturated carbocycles. The van der Waals surface area contributed by atoms with E-state index in [1.54, 1.807) is 12.1 Å². The van der Waals surface area contributed by atoms with Gasteiger partial charge in [-0.3, -0.25) is 4.79 Å². The fourth-order valence-electron chi connectivity index (χ4n) is 1.76. The van der Waals surface area contributed by atoms with Crippen molar-refractivity contribution >= 4 is 11.7 Å². The molecule has 0 aliphatic heterocycles. The average molecular weight is 297 g/mol. The summed E-state index contributed by atoms with van der Waals surface area (Å²) in [5, 5.41) is 30.0. The van der Waals surface area contributed by atoms with E-state index in [-0.39, 0.29) is 6.54 Å². The molecular formula is C14H23N3O4. The van der Waals surface area contributed by atoms with Crippen LogP contribution in [-0.2, 0) is 0 Å². The largest absolute Gasteiger partial charge is 0.393 e. The summed E-state index contributed by atoms with van der Waals surface area (Å²) < 4.78 is 0. The minimum Gasteiger partial charge on any atom is -0.393 e. The zero-order chi connectivity index (χ0) is 15.9. The third-order valence-corrected chi connectivity index (χ3v) is 3.26. The van der Waals surface area contributed by atoms with E-state index in [0.717, 1.165) is 18.9 Å². The Morgan fingerprint density at radius 2 is 1.90 bits per heavy atom. The van der Waals surface area contributed by atoms with Crippen LogP contribution in [0.15, 0.2) is 18.3 Å². The van der Waals surface area contributed by atoms with E-state index in [1.807, 2.05) is 13.8 Å². The SMILES string of the molecule is CCN(CC)c1ccc(C(=O)NCC(O)(CO)CO)cn1. The Kier molecular flexibility index (Phi) is 6.54. The van der Waals surface area contributed by atoms with E-state index in [9.17, 15) is 9.90 Å². The van der Waals surface area contributed by atoms with Crippen molar-refractivity contribution in [3.05, 3.63) is 23.9 Å². The zero-order valence-electron chi connectivity index (χ0n) is 12.4. The van der Waals surface area contributed by atoms with E-state index in [1.165, 1.54) is 6.20 Å². The summed E-state index contributed by atoms with van der Waals surface area (Å²) in [6.45, 7) is 4.19. The first-order chi connectivity index (χ1) is 9.99. The molecule has 0 unspecified atom stereocenters. The second-order valence-corrected chi connectivity index (χ2v) is 4.80. The number of anilines is 1. The molecule has 118 valence electrons. The molecule has 0 aromatic carbocycles. The lowest BCUT2D eigenvalue weighted by molar-refractivity contribution is -0.0515. The molecule has 7 nitrogen and oxygen atoms in total. The molecule has 1 heterocycles. The Morgan fingerprint density at radius 1 is 1.29 bits per heavy atom. The highest BCUT2D eigenvalue weighted by Gasteiger charge is 2.25. The molecule has 1 aromatic heterocycles. The topological polar surface area (TPSA) is 106 Å². The zero-order valence-corrected chi connectivity index (χ0v) is 12.4. The minimum atomic E-state index is -1.72. The number of hydrogen-bond acceptors (Lipinski definition) is 6. The van der Waals surface area contributed by atoms with Gasteiger partial charge in [-0.1, -0.05) is 0 Å². The first-order valence-electron chi connectivity index (χ1n) is 6.93. The number of nitrogens with one attached hydrogen (secondary N) is 1. The third kappa shape index (κ3) is 4.66. The van der Waals surface area contributed by atoms with Crippen LogP contribution >= 0.6 is 0 Å². The summed E-state index contributed by atoms with van der Waals surface area (Å²) >= 11 is 0. The lowest BCUT2D eigenvalue weighted by Crippen LogP contribution is -2.48. The van der Waals surface area contributed by atoms with Crippen molar-refractivity contribution in [3.8, 4) is 0 Å². The van der Waals surface area contributed by atoms with Crippen LogP contribution in [0, 0.1) is 0 Å². The van der Waals surface area contributed by atoms with Crippen LogP contribution in [0.3, 0.4) is 0 Å². The number of pyridine rings is 1. The van der Waals surface area contributed by atoms with Crippen molar-refractivity contribution < 1.29 is 20.1 Å². The van der Waals surface area contributed by atoms with Crippen LogP contribution in [0.4, 0.5) is 5.82 Å². The van der Waals surface area contributed by atoms with Gasteiger partial charge in [0, 0.05) is 19.3 Å². The lowest BCUT2D eigenvalue weighted by atomic mass is 10.1. The lowest BCUT2D eigenvalue weighted by Gasteiger charge is -2.23. The molecule has 4 N–H and O–H groups in total. The standard InChI is InChI=1S/C14H23N3O4/c1-3-17(4-2)12-6-5-11(7-15-12)13(20)16-8-14(21,9-18)10-19/h5-7,18-19,21H,3-4,8-10H2,1-2H3,(H,16,20). The molecule has 0 aliphatic carbocycles. The molecule has 0 radical (unpaired) electrons. The maximum Gasteiger partial charge on any atom is 0.252 e. The fraction of sp³-hybridized carbons (Fsp3) is 0.571. The van der Waals surface area contributed by atoms with Gasteiger partial charge in [-0.2, -0.15) is 0 Å². The number of aliphatic hydroxyl groups excluding tert-OH is 2. The normalized spacial score (nSPS) is 11.3. The average Bonchev–Trinajstić information content (AvgIpc) is 2.54. The van der Waals surface area contributed by atoms with Crippen molar-refractivity contribution in [1.82, 2.24) is 10.3 Å². The smallest absolute Gasteiger partial charge is 0.252 e. The summed E-state index contributed by atoms with van der Waals surface area (Å²) in [7, 11) is 0. The van der Waals surface area contributed by atoms with Crippen LogP contribution in [0.25, 0.3) is 0 Å². The molecule has 0 bridgehead atoms. The monoisotopic (exact) mass is 297 g/mol. The van der Waals surface area contributed by atoms with Gasteiger partial charge < -0.3 is 25.5 Å². The molecule has 0 saturated heterocycles. The van der Waals surface area contributed by atoms with Crippen LogP contribution < -0.4 is 10.2 Å². The second kappa shape index (κ2) is 7.92. The van der Waals surface area contributed by atoms with Crippen molar-refractivity contribution in [2.75, 3.05) is 37.7 Å². The number of nitrogens with zero attached hydrogens (tertiary/aromatic N) is 2. The van der Waals surface area contributed by atoms with Crippen molar-refractivity contribution in [2.24, 2.45) is 0 Å². The fourth-order valence-corrected chi connectivity index (χ4v) is 1.76. The summed E-state index contributed by atoms with van der Waals surface area (Å²) in [6, 6.07) is 3.40. The summed E-state index contributed by atoms with van der Waals surface area (Å²) in [5.41, 5.74) is -1.37. The number of carbonyl (C=O) groups is 1. The number of amides is 1. The molecular weight excluding hydrogens is 274 g/mol. The van der Waals surface area contributed by atoms with E-state index in [0.29, 0.717) is 5.56 Å². The van der Waals surface area contributed by atoms with Crippen molar-refractivity contribution in [3.63, 3.8) is 0 Å². The highest BCUT2D eigenvalue weighted by Crippen LogP contribution is 2.11. The van der Waals surface area contributed by atoms with Gasteiger partial charge in [0.05, 0.1) is 25.3 Å². The van der Waals surface area contributed by atoms with Gasteiger partial charge in [0.1, 0.15) is 11.4 Å². The molecule has 21 heavy (non-hydrogen) atoms. The summed E-state index contributed by atoms with van der Waals surface area (Å²) in [4.78, 5) is 18.2. The van der Waals surface area contributed by atoms with Gasteiger partial charge in [-0.05, 0) is 26.0 Å². The predicted molar refractivity (Wildman–Crippen MR) is 79.3 cm³/mol. The number of carbonyl (C=O) groups excluding carboxylic acids is 1. The van der Waals surface area contributed by atoms with Crippen LogP contribution in [0.5, 0.6) is 0 Å². The van der Waals surface area contributed by atoms with Gasteiger partial charge in [0.25, 0.3) is 5.91 Å². The van der Waals surface area contributed by atoms with E-state index < -0.39 is 24.7 Å². The first-order valence-corrected chi connectivity index (χ1v) is 6.93. The van der Waals surface area contributed by atoms with Gasteiger partial charge >= 0.3 is 0 Å². The van der Waals surface area contributed by atoms with Crippen molar-refractivity contribution in [2.45, 2.75) is 19.4 Å². The molecule has 7 heteroatoms.